The van der Waals surface area contributed by atoms with Gasteiger partial charge >= 0.3 is 6.18 Å². The first-order valence-corrected chi connectivity index (χ1v) is 5.35. The lowest BCUT2D eigenvalue weighted by molar-refractivity contribution is -0.163. The first kappa shape index (κ1) is 15.2. The molecule has 0 aromatic rings. The highest BCUT2D eigenvalue weighted by Gasteiger charge is 2.40. The number of nitriles is 1. The van der Waals surface area contributed by atoms with E-state index in [4.69, 9.17) is 5.26 Å². The van der Waals surface area contributed by atoms with Gasteiger partial charge in [-0.3, -0.25) is 0 Å². The van der Waals surface area contributed by atoms with Crippen molar-refractivity contribution in [2.24, 2.45) is 11.8 Å². The highest BCUT2D eigenvalue weighted by molar-refractivity contribution is 4.90. The highest BCUT2D eigenvalue weighted by atomic mass is 19.4. The van der Waals surface area contributed by atoms with E-state index in [-0.39, 0.29) is 12.6 Å². The number of hydrogen-bond acceptors (Lipinski definition) is 2. The number of nitrogens with zero attached hydrogens (tertiary/aromatic N) is 2. The van der Waals surface area contributed by atoms with Crippen molar-refractivity contribution in [2.45, 2.75) is 39.4 Å². The predicted octanol–water partition coefficient (Wildman–Crippen LogP) is 3.05. The molecule has 0 rings (SSSR count). The first-order valence-electron chi connectivity index (χ1n) is 5.35. The zero-order valence-electron chi connectivity index (χ0n) is 10.2. The van der Waals surface area contributed by atoms with Crippen molar-refractivity contribution in [2.75, 3.05) is 13.6 Å². The van der Waals surface area contributed by atoms with Crippen LogP contribution in [0.25, 0.3) is 0 Å². The van der Waals surface area contributed by atoms with Crippen LogP contribution in [0.4, 0.5) is 13.2 Å². The molecule has 0 amide bonds. The van der Waals surface area contributed by atoms with Crippen molar-refractivity contribution in [3.63, 3.8) is 0 Å². The van der Waals surface area contributed by atoms with E-state index in [1.165, 1.54) is 6.07 Å². The van der Waals surface area contributed by atoms with Crippen LogP contribution in [0, 0.1) is 23.2 Å². The Kier molecular flexibility index (Phi) is 5.80. The molecule has 0 bridgehead atoms. The average molecular weight is 236 g/mol. The minimum Gasteiger partial charge on any atom is -0.302 e. The summed E-state index contributed by atoms with van der Waals surface area (Å²) < 4.78 is 37.1. The summed E-state index contributed by atoms with van der Waals surface area (Å²) in [7, 11) is 1.63. The summed E-state index contributed by atoms with van der Waals surface area (Å²) in [6.45, 7) is 5.67. The molecule has 0 radical (unpaired) electrons. The van der Waals surface area contributed by atoms with Gasteiger partial charge in [0.05, 0.1) is 6.07 Å². The van der Waals surface area contributed by atoms with Gasteiger partial charge in [-0.2, -0.15) is 18.4 Å². The van der Waals surface area contributed by atoms with Crippen LogP contribution < -0.4 is 0 Å². The molecule has 0 N–H and O–H groups in total. The van der Waals surface area contributed by atoms with E-state index in [0.29, 0.717) is 5.92 Å². The van der Waals surface area contributed by atoms with Crippen LogP contribution >= 0.6 is 0 Å². The summed E-state index contributed by atoms with van der Waals surface area (Å²) in [5, 5.41) is 8.48. The van der Waals surface area contributed by atoms with E-state index >= 15 is 0 Å². The van der Waals surface area contributed by atoms with E-state index in [1.54, 1.807) is 11.9 Å². The first-order chi connectivity index (χ1) is 7.18. The van der Waals surface area contributed by atoms with Gasteiger partial charge in [0.1, 0.15) is 0 Å². The third kappa shape index (κ3) is 5.36. The molecule has 94 valence electrons. The van der Waals surface area contributed by atoms with E-state index in [0.717, 1.165) is 6.42 Å². The van der Waals surface area contributed by atoms with Crippen LogP contribution in [-0.4, -0.2) is 30.7 Å². The zero-order chi connectivity index (χ0) is 12.9. The lowest BCUT2D eigenvalue weighted by Crippen LogP contribution is -2.39. The zero-order valence-corrected chi connectivity index (χ0v) is 10.2. The van der Waals surface area contributed by atoms with Crippen molar-refractivity contribution >= 4 is 0 Å². The van der Waals surface area contributed by atoms with Crippen molar-refractivity contribution in [3.8, 4) is 6.07 Å². The van der Waals surface area contributed by atoms with Crippen LogP contribution in [0.3, 0.4) is 0 Å². The summed E-state index contributed by atoms with van der Waals surface area (Å²) in [6.07, 6.45) is -3.60. The second-order valence-corrected chi connectivity index (χ2v) is 4.64. The fourth-order valence-electron chi connectivity index (χ4n) is 1.55. The standard InChI is InChI=1S/C11H19F3N2/c1-8(2)5-9(3)16(4)7-10(6-15)11(12,13)14/h8-10H,5,7H2,1-4H3. The summed E-state index contributed by atoms with van der Waals surface area (Å²) in [6, 6.07) is 1.37. The predicted molar refractivity (Wildman–Crippen MR) is 56.7 cm³/mol. The number of rotatable bonds is 5. The molecular weight excluding hydrogens is 217 g/mol. The second-order valence-electron chi connectivity index (χ2n) is 4.64. The van der Waals surface area contributed by atoms with Gasteiger partial charge in [-0.05, 0) is 26.3 Å². The maximum atomic E-state index is 12.4. The molecule has 2 atom stereocenters. The van der Waals surface area contributed by atoms with Gasteiger partial charge in [0.25, 0.3) is 0 Å². The SMILES string of the molecule is CC(C)CC(C)N(C)CC(C#N)C(F)(F)F. The van der Waals surface area contributed by atoms with Crippen molar-refractivity contribution in [1.82, 2.24) is 4.90 Å². The Labute approximate surface area is 95.0 Å². The molecule has 0 saturated heterocycles. The van der Waals surface area contributed by atoms with Gasteiger partial charge in [-0.15, -0.1) is 0 Å². The molecule has 5 heteroatoms. The fraction of sp³-hybridized carbons (Fsp3) is 0.909. The Hall–Kier alpha value is -0.760. The molecule has 0 saturated carbocycles. The Bertz CT molecular complexity index is 243. The Morgan fingerprint density at radius 3 is 2.06 bits per heavy atom. The van der Waals surface area contributed by atoms with E-state index in [2.05, 4.69) is 0 Å². The summed E-state index contributed by atoms with van der Waals surface area (Å²) in [5.41, 5.74) is 0. The molecule has 0 aromatic carbocycles. The molecule has 0 spiro atoms. The Morgan fingerprint density at radius 1 is 1.25 bits per heavy atom. The molecule has 0 aliphatic heterocycles. The lowest BCUT2D eigenvalue weighted by atomic mass is 10.0. The topological polar surface area (TPSA) is 27.0 Å². The maximum Gasteiger partial charge on any atom is 0.405 e. The molecule has 0 aliphatic rings. The normalized spacial score (nSPS) is 16.2. The molecule has 2 nitrogen and oxygen atoms in total. The van der Waals surface area contributed by atoms with Crippen LogP contribution in [0.1, 0.15) is 27.2 Å². The lowest BCUT2D eigenvalue weighted by Gasteiger charge is -2.28. The third-order valence-electron chi connectivity index (χ3n) is 2.59. The molecule has 0 aromatic heterocycles. The van der Waals surface area contributed by atoms with Crippen LogP contribution in [-0.2, 0) is 0 Å². The second kappa shape index (κ2) is 6.09. The van der Waals surface area contributed by atoms with Crippen LogP contribution in [0.5, 0.6) is 0 Å². The molecule has 0 heterocycles. The maximum absolute atomic E-state index is 12.4. The van der Waals surface area contributed by atoms with Gasteiger partial charge < -0.3 is 4.90 Å². The van der Waals surface area contributed by atoms with Gasteiger partial charge in [0.2, 0.25) is 0 Å². The van der Waals surface area contributed by atoms with E-state index in [1.807, 2.05) is 20.8 Å². The summed E-state index contributed by atoms with van der Waals surface area (Å²) in [4.78, 5) is 1.60. The highest BCUT2D eigenvalue weighted by Crippen LogP contribution is 2.26. The number of halogens is 3. The van der Waals surface area contributed by atoms with Gasteiger partial charge in [0, 0.05) is 12.6 Å². The summed E-state index contributed by atoms with van der Waals surface area (Å²) in [5.74, 6) is -1.46. The smallest absolute Gasteiger partial charge is 0.302 e. The van der Waals surface area contributed by atoms with Crippen LogP contribution in [0.15, 0.2) is 0 Å². The minimum atomic E-state index is -4.43. The Morgan fingerprint density at radius 2 is 1.75 bits per heavy atom. The van der Waals surface area contributed by atoms with Crippen molar-refractivity contribution in [1.29, 1.82) is 5.26 Å². The number of hydrogen-bond donors (Lipinski definition) is 0. The molecule has 2 unspecified atom stereocenters. The quantitative estimate of drug-likeness (QED) is 0.733. The minimum absolute atomic E-state index is 0.0539. The molecule has 0 aliphatic carbocycles. The van der Waals surface area contributed by atoms with Gasteiger partial charge in [-0.25, -0.2) is 0 Å². The molecule has 0 fully saturated rings. The van der Waals surface area contributed by atoms with Crippen molar-refractivity contribution < 1.29 is 13.2 Å². The van der Waals surface area contributed by atoms with Crippen LogP contribution in [0.2, 0.25) is 0 Å². The monoisotopic (exact) mass is 236 g/mol. The largest absolute Gasteiger partial charge is 0.405 e. The van der Waals surface area contributed by atoms with E-state index in [9.17, 15) is 13.2 Å². The average Bonchev–Trinajstić information content (AvgIpc) is 2.10. The Balaban J connectivity index is 4.32. The fourth-order valence-corrected chi connectivity index (χ4v) is 1.55. The molecular formula is C11H19F3N2. The summed E-state index contributed by atoms with van der Waals surface area (Å²) >= 11 is 0. The van der Waals surface area contributed by atoms with Gasteiger partial charge in [-0.1, -0.05) is 13.8 Å². The van der Waals surface area contributed by atoms with Crippen molar-refractivity contribution in [3.05, 3.63) is 0 Å². The van der Waals surface area contributed by atoms with Gasteiger partial charge in [0.15, 0.2) is 5.92 Å². The molecule has 16 heavy (non-hydrogen) atoms. The number of alkyl halides is 3. The third-order valence-corrected chi connectivity index (χ3v) is 2.59. The van der Waals surface area contributed by atoms with E-state index < -0.39 is 12.1 Å².